The number of hydrogen-bond donors (Lipinski definition) is 2. The average Bonchev–Trinajstić information content (AvgIpc) is 3.04. The van der Waals surface area contributed by atoms with Gasteiger partial charge in [-0.05, 0) is 123 Å². The summed E-state index contributed by atoms with van der Waals surface area (Å²) in [6.45, 7) is 13.3. The summed E-state index contributed by atoms with van der Waals surface area (Å²) >= 11 is 0. The fourth-order valence-corrected chi connectivity index (χ4v) is 7.18. The summed E-state index contributed by atoms with van der Waals surface area (Å²) in [5.74, 6) is 0.940. The monoisotopic (exact) mass is 635 g/mol. The van der Waals surface area contributed by atoms with Crippen molar-refractivity contribution in [2.45, 2.75) is 196 Å². The molecule has 2 aromatic carbocycles. The van der Waals surface area contributed by atoms with Crippen LogP contribution in [0.5, 0.6) is 11.5 Å². The van der Waals surface area contributed by atoms with Crippen molar-refractivity contribution in [2.24, 2.45) is 0 Å². The van der Waals surface area contributed by atoms with Crippen LogP contribution in [0.4, 0.5) is 0 Å². The largest absolute Gasteiger partial charge is 0.508 e. The standard InChI is InChI=1S/C43H70O3/c1-7-13-19-25-33-31-39(44)35(27-21-15-9-3)37(29-23-17-11-5)41(33)43(46)42-34(26-20-14-8-2)32-40(45)36(28-22-16-10-4)38(42)30-24-18-12-6/h31-32,44-45H,7-30H2,1-6H3. The van der Waals surface area contributed by atoms with Gasteiger partial charge in [-0.2, -0.15) is 0 Å². The minimum absolute atomic E-state index is 0.157. The van der Waals surface area contributed by atoms with E-state index >= 15 is 4.79 Å². The molecule has 0 atom stereocenters. The number of aromatic hydroxyl groups is 2. The smallest absolute Gasteiger partial charge is 0.194 e. The first kappa shape index (κ1) is 39.9. The van der Waals surface area contributed by atoms with Gasteiger partial charge in [0.2, 0.25) is 0 Å². The highest BCUT2D eigenvalue weighted by Crippen LogP contribution is 2.38. The lowest BCUT2D eigenvalue weighted by atomic mass is 9.79. The number of carbonyl (C=O) groups is 1. The Bertz CT molecular complexity index is 1070. The molecule has 46 heavy (non-hydrogen) atoms. The number of ketones is 1. The van der Waals surface area contributed by atoms with Crippen LogP contribution in [0.25, 0.3) is 0 Å². The number of unbranched alkanes of at least 4 members (excludes halogenated alkanes) is 12. The van der Waals surface area contributed by atoms with Crippen LogP contribution < -0.4 is 0 Å². The van der Waals surface area contributed by atoms with Crippen LogP contribution in [0.1, 0.15) is 206 Å². The van der Waals surface area contributed by atoms with Crippen LogP contribution in [-0.2, 0) is 38.5 Å². The Kier molecular flexibility index (Phi) is 20.0. The van der Waals surface area contributed by atoms with Gasteiger partial charge in [-0.1, -0.05) is 119 Å². The topological polar surface area (TPSA) is 57.5 Å². The summed E-state index contributed by atoms with van der Waals surface area (Å²) in [7, 11) is 0. The van der Waals surface area contributed by atoms with Gasteiger partial charge in [0.05, 0.1) is 0 Å². The Hall–Kier alpha value is -2.29. The minimum atomic E-state index is 0.157. The van der Waals surface area contributed by atoms with Crippen molar-refractivity contribution < 1.29 is 15.0 Å². The molecule has 0 radical (unpaired) electrons. The van der Waals surface area contributed by atoms with Gasteiger partial charge >= 0.3 is 0 Å². The minimum Gasteiger partial charge on any atom is -0.508 e. The maximum Gasteiger partial charge on any atom is 0.194 e. The number of phenols is 2. The maximum atomic E-state index is 15.5. The lowest BCUT2D eigenvalue weighted by Gasteiger charge is -2.24. The highest BCUT2D eigenvalue weighted by molar-refractivity contribution is 6.13. The molecule has 0 saturated heterocycles. The third kappa shape index (κ3) is 12.1. The molecule has 0 aliphatic rings. The summed E-state index contributed by atoms with van der Waals surface area (Å²) < 4.78 is 0. The zero-order valence-corrected chi connectivity index (χ0v) is 30.9. The number of aryl methyl sites for hydroxylation is 2. The van der Waals surface area contributed by atoms with E-state index in [2.05, 4.69) is 41.5 Å². The molecule has 2 rings (SSSR count). The molecule has 0 unspecified atom stereocenters. The number of carbonyl (C=O) groups excluding carboxylic acids is 1. The second kappa shape index (κ2) is 23.1. The second-order valence-electron chi connectivity index (χ2n) is 13.8. The highest BCUT2D eigenvalue weighted by Gasteiger charge is 2.29. The molecular weight excluding hydrogens is 564 g/mol. The number of benzene rings is 2. The third-order valence-electron chi connectivity index (χ3n) is 9.89. The van der Waals surface area contributed by atoms with E-state index < -0.39 is 0 Å². The summed E-state index contributed by atoms with van der Waals surface area (Å²) in [5, 5.41) is 23.0. The molecule has 2 aromatic rings. The molecule has 0 saturated carbocycles. The second-order valence-corrected chi connectivity index (χ2v) is 13.8. The van der Waals surface area contributed by atoms with Gasteiger partial charge in [0.25, 0.3) is 0 Å². The predicted molar refractivity (Wildman–Crippen MR) is 199 cm³/mol. The van der Waals surface area contributed by atoms with E-state index in [0.717, 1.165) is 199 Å². The first-order valence-electron chi connectivity index (χ1n) is 19.7. The zero-order chi connectivity index (χ0) is 33.7. The Labute approximate surface area is 284 Å². The van der Waals surface area contributed by atoms with Crippen LogP contribution in [0.2, 0.25) is 0 Å². The SMILES string of the molecule is CCCCCc1cc(O)c(CCCCC)c(CCCCC)c1C(=O)c1c(CCCCC)cc(O)c(CCCCC)c1CCCCC. The van der Waals surface area contributed by atoms with E-state index in [9.17, 15) is 10.2 Å². The summed E-state index contributed by atoms with van der Waals surface area (Å²) in [5.41, 5.74) is 8.07. The van der Waals surface area contributed by atoms with Crippen molar-refractivity contribution >= 4 is 5.78 Å². The first-order chi connectivity index (χ1) is 22.4. The summed E-state index contributed by atoms with van der Waals surface area (Å²) in [6, 6.07) is 3.92. The molecule has 3 heteroatoms. The molecule has 0 heterocycles. The van der Waals surface area contributed by atoms with Gasteiger partial charge in [0.1, 0.15) is 11.5 Å². The summed E-state index contributed by atoms with van der Waals surface area (Å²) in [6.07, 6.45) is 24.6. The van der Waals surface area contributed by atoms with Gasteiger partial charge < -0.3 is 10.2 Å². The third-order valence-corrected chi connectivity index (χ3v) is 9.89. The van der Waals surface area contributed by atoms with E-state index in [4.69, 9.17) is 0 Å². The van der Waals surface area contributed by atoms with Crippen LogP contribution in [0, 0.1) is 0 Å². The number of hydrogen-bond acceptors (Lipinski definition) is 3. The zero-order valence-electron chi connectivity index (χ0n) is 30.9. The maximum absolute atomic E-state index is 15.5. The van der Waals surface area contributed by atoms with Crippen LogP contribution in [0.3, 0.4) is 0 Å². The van der Waals surface area contributed by atoms with Crippen LogP contribution in [-0.4, -0.2) is 16.0 Å². The van der Waals surface area contributed by atoms with E-state index in [1.54, 1.807) is 0 Å². The van der Waals surface area contributed by atoms with Gasteiger partial charge in [0.15, 0.2) is 5.78 Å². The van der Waals surface area contributed by atoms with Crippen molar-refractivity contribution in [1.29, 1.82) is 0 Å². The molecule has 0 fully saturated rings. The predicted octanol–water partition coefficient (Wildman–Crippen LogP) is 12.7. The van der Waals surface area contributed by atoms with Crippen LogP contribution in [0.15, 0.2) is 12.1 Å². The quantitative estimate of drug-likeness (QED) is 0.0799. The molecule has 0 spiro atoms. The van der Waals surface area contributed by atoms with Crippen molar-refractivity contribution in [3.8, 4) is 11.5 Å². The lowest BCUT2D eigenvalue weighted by molar-refractivity contribution is 0.103. The lowest BCUT2D eigenvalue weighted by Crippen LogP contribution is -2.18. The fraction of sp³-hybridized carbons (Fsp3) is 0.698. The first-order valence-corrected chi connectivity index (χ1v) is 19.7. The van der Waals surface area contributed by atoms with Crippen LogP contribution >= 0.6 is 0 Å². The number of phenolic OH excluding ortho intramolecular Hbond substituents is 2. The molecule has 260 valence electrons. The van der Waals surface area contributed by atoms with Crippen molar-refractivity contribution in [3.63, 3.8) is 0 Å². The molecule has 0 aliphatic carbocycles. The molecule has 0 aromatic heterocycles. The Morgan fingerprint density at radius 3 is 0.957 bits per heavy atom. The van der Waals surface area contributed by atoms with E-state index in [1.807, 2.05) is 12.1 Å². The van der Waals surface area contributed by atoms with Gasteiger partial charge in [-0.25, -0.2) is 0 Å². The van der Waals surface area contributed by atoms with Crippen molar-refractivity contribution in [3.05, 3.63) is 56.6 Å². The van der Waals surface area contributed by atoms with Crippen molar-refractivity contribution in [1.82, 2.24) is 0 Å². The van der Waals surface area contributed by atoms with Gasteiger partial charge in [-0.3, -0.25) is 4.79 Å². The molecule has 0 bridgehead atoms. The fourth-order valence-electron chi connectivity index (χ4n) is 7.18. The Morgan fingerprint density at radius 1 is 0.413 bits per heavy atom. The Balaban J connectivity index is 2.94. The van der Waals surface area contributed by atoms with E-state index in [0.29, 0.717) is 11.5 Å². The highest BCUT2D eigenvalue weighted by atomic mass is 16.3. The van der Waals surface area contributed by atoms with E-state index in [1.165, 1.54) is 0 Å². The average molecular weight is 635 g/mol. The molecular formula is C43H70O3. The molecule has 3 nitrogen and oxygen atoms in total. The molecule has 0 aliphatic heterocycles. The van der Waals surface area contributed by atoms with Gasteiger partial charge in [0, 0.05) is 11.1 Å². The Morgan fingerprint density at radius 2 is 0.674 bits per heavy atom. The summed E-state index contributed by atoms with van der Waals surface area (Å²) in [4.78, 5) is 15.5. The van der Waals surface area contributed by atoms with Gasteiger partial charge in [-0.15, -0.1) is 0 Å². The number of rotatable bonds is 26. The van der Waals surface area contributed by atoms with Crippen molar-refractivity contribution in [2.75, 3.05) is 0 Å². The molecule has 0 amide bonds. The molecule has 2 N–H and O–H groups in total. The van der Waals surface area contributed by atoms with E-state index in [-0.39, 0.29) is 5.78 Å². The normalized spacial score (nSPS) is 11.4.